The maximum Gasteiger partial charge on any atom is 0.182 e. The van der Waals surface area contributed by atoms with Gasteiger partial charge in [-0.1, -0.05) is 0 Å². The fourth-order valence-corrected chi connectivity index (χ4v) is 2.91. The molecule has 130 valence electrons. The van der Waals surface area contributed by atoms with Gasteiger partial charge in [-0.25, -0.2) is 19.9 Å². The minimum Gasteiger partial charge on any atom is -0.378 e. The highest BCUT2D eigenvalue weighted by Gasteiger charge is 2.20. The third kappa shape index (κ3) is 3.18. The first-order valence-corrected chi connectivity index (χ1v) is 8.22. The second-order valence-electron chi connectivity index (χ2n) is 6.00. The van der Waals surface area contributed by atoms with Gasteiger partial charge in [0, 0.05) is 33.4 Å². The van der Waals surface area contributed by atoms with Crippen LogP contribution in [0.25, 0.3) is 22.6 Å². The smallest absolute Gasteiger partial charge is 0.182 e. The number of methoxy groups -OCH3 is 1. The van der Waals surface area contributed by atoms with Gasteiger partial charge in [0.25, 0.3) is 0 Å². The number of ether oxygens (including phenoxy) is 2. The number of aromatic nitrogens is 5. The average molecular weight is 340 g/mol. The standard InChI is InChI=1S/C17H20N6O2/c1-22-9-14(18-11-22)16-20-13-4-3-12(10-24-2)19-15(13)17(21-16)23-5-7-25-8-6-23/h3-4,9,11H,5-8,10H2,1-2H3. The summed E-state index contributed by atoms with van der Waals surface area (Å²) in [5, 5.41) is 0. The van der Waals surface area contributed by atoms with Gasteiger partial charge in [0.2, 0.25) is 0 Å². The van der Waals surface area contributed by atoms with Gasteiger partial charge in [-0.05, 0) is 12.1 Å². The van der Waals surface area contributed by atoms with E-state index in [4.69, 9.17) is 19.4 Å². The maximum atomic E-state index is 5.47. The Morgan fingerprint density at radius 3 is 2.72 bits per heavy atom. The van der Waals surface area contributed by atoms with Crippen LogP contribution in [0.2, 0.25) is 0 Å². The highest BCUT2D eigenvalue weighted by atomic mass is 16.5. The van der Waals surface area contributed by atoms with Gasteiger partial charge in [-0.15, -0.1) is 0 Å². The van der Waals surface area contributed by atoms with Crippen molar-refractivity contribution in [2.75, 3.05) is 38.3 Å². The molecule has 3 aromatic heterocycles. The quantitative estimate of drug-likeness (QED) is 0.710. The number of rotatable bonds is 4. The Kier molecular flexibility index (Phi) is 4.29. The van der Waals surface area contributed by atoms with E-state index in [1.807, 2.05) is 29.9 Å². The number of morpholine rings is 1. The van der Waals surface area contributed by atoms with Gasteiger partial charge in [-0.2, -0.15) is 0 Å². The Morgan fingerprint density at radius 1 is 1.16 bits per heavy atom. The van der Waals surface area contributed by atoms with Crippen molar-refractivity contribution in [2.24, 2.45) is 7.05 Å². The summed E-state index contributed by atoms with van der Waals surface area (Å²) in [7, 11) is 3.59. The normalized spacial score (nSPS) is 15.0. The first kappa shape index (κ1) is 15.9. The van der Waals surface area contributed by atoms with Crippen LogP contribution in [0.3, 0.4) is 0 Å². The van der Waals surface area contributed by atoms with Crippen LogP contribution in [0.4, 0.5) is 5.82 Å². The first-order chi connectivity index (χ1) is 12.2. The van der Waals surface area contributed by atoms with Gasteiger partial charge in [0.15, 0.2) is 11.6 Å². The number of aryl methyl sites for hydroxylation is 1. The van der Waals surface area contributed by atoms with Crippen LogP contribution in [0.5, 0.6) is 0 Å². The van der Waals surface area contributed by atoms with Crippen molar-refractivity contribution in [3.63, 3.8) is 0 Å². The third-order valence-electron chi connectivity index (χ3n) is 4.12. The van der Waals surface area contributed by atoms with E-state index in [9.17, 15) is 0 Å². The third-order valence-corrected chi connectivity index (χ3v) is 4.12. The van der Waals surface area contributed by atoms with E-state index >= 15 is 0 Å². The number of pyridine rings is 1. The lowest BCUT2D eigenvalue weighted by molar-refractivity contribution is 0.122. The topological polar surface area (TPSA) is 78.2 Å². The second-order valence-corrected chi connectivity index (χ2v) is 6.00. The zero-order valence-corrected chi connectivity index (χ0v) is 14.3. The molecule has 0 aliphatic carbocycles. The van der Waals surface area contributed by atoms with E-state index in [0.717, 1.165) is 41.3 Å². The van der Waals surface area contributed by atoms with E-state index in [1.165, 1.54) is 0 Å². The van der Waals surface area contributed by atoms with Crippen molar-refractivity contribution >= 4 is 16.9 Å². The predicted octanol–water partition coefficient (Wildman–Crippen LogP) is 1.41. The summed E-state index contributed by atoms with van der Waals surface area (Å²) in [6.45, 7) is 3.39. The van der Waals surface area contributed by atoms with E-state index in [-0.39, 0.29) is 0 Å². The molecule has 0 bridgehead atoms. The van der Waals surface area contributed by atoms with E-state index in [0.29, 0.717) is 25.6 Å². The van der Waals surface area contributed by atoms with Crippen molar-refractivity contribution in [2.45, 2.75) is 6.61 Å². The van der Waals surface area contributed by atoms with Crippen molar-refractivity contribution in [3.05, 3.63) is 30.4 Å². The molecule has 1 fully saturated rings. The Balaban J connectivity index is 1.87. The monoisotopic (exact) mass is 340 g/mol. The molecule has 1 aliphatic heterocycles. The van der Waals surface area contributed by atoms with Crippen LogP contribution < -0.4 is 4.90 Å². The predicted molar refractivity (Wildman–Crippen MR) is 93.3 cm³/mol. The minimum absolute atomic E-state index is 0.459. The molecule has 0 radical (unpaired) electrons. The van der Waals surface area contributed by atoms with Crippen LogP contribution in [0, 0.1) is 0 Å². The Labute approximate surface area is 145 Å². The van der Waals surface area contributed by atoms with Crippen molar-refractivity contribution < 1.29 is 9.47 Å². The first-order valence-electron chi connectivity index (χ1n) is 8.22. The summed E-state index contributed by atoms with van der Waals surface area (Å²) in [6, 6.07) is 3.90. The van der Waals surface area contributed by atoms with Gasteiger partial charge in [0.05, 0.1) is 37.4 Å². The molecular weight excluding hydrogens is 320 g/mol. The van der Waals surface area contributed by atoms with Crippen molar-refractivity contribution in [1.29, 1.82) is 0 Å². The Morgan fingerprint density at radius 2 is 2.00 bits per heavy atom. The van der Waals surface area contributed by atoms with E-state index in [2.05, 4.69) is 14.9 Å². The zero-order chi connectivity index (χ0) is 17.2. The lowest BCUT2D eigenvalue weighted by atomic mass is 10.2. The molecule has 4 heterocycles. The molecule has 3 aromatic rings. The molecule has 0 atom stereocenters. The summed E-state index contributed by atoms with van der Waals surface area (Å²) < 4.78 is 12.6. The van der Waals surface area contributed by atoms with Crippen molar-refractivity contribution in [3.8, 4) is 11.5 Å². The number of hydrogen-bond donors (Lipinski definition) is 0. The Hall–Kier alpha value is -2.58. The summed E-state index contributed by atoms with van der Waals surface area (Å²) in [6.07, 6.45) is 3.66. The van der Waals surface area contributed by atoms with Crippen LogP contribution >= 0.6 is 0 Å². The molecule has 0 N–H and O–H groups in total. The molecule has 25 heavy (non-hydrogen) atoms. The summed E-state index contributed by atoms with van der Waals surface area (Å²) >= 11 is 0. The number of fused-ring (bicyclic) bond motifs is 1. The van der Waals surface area contributed by atoms with Crippen molar-refractivity contribution in [1.82, 2.24) is 24.5 Å². The summed E-state index contributed by atoms with van der Waals surface area (Å²) in [5.41, 5.74) is 3.20. The minimum atomic E-state index is 0.459. The number of nitrogens with zero attached hydrogens (tertiary/aromatic N) is 6. The van der Waals surface area contributed by atoms with Gasteiger partial charge < -0.3 is 18.9 Å². The lowest BCUT2D eigenvalue weighted by Gasteiger charge is -2.28. The maximum absolute atomic E-state index is 5.47. The molecule has 0 spiro atoms. The highest BCUT2D eigenvalue weighted by molar-refractivity contribution is 5.87. The molecule has 0 saturated carbocycles. The fraction of sp³-hybridized carbons (Fsp3) is 0.412. The van der Waals surface area contributed by atoms with Crippen LogP contribution in [-0.2, 0) is 23.1 Å². The fourth-order valence-electron chi connectivity index (χ4n) is 2.91. The molecule has 0 aromatic carbocycles. The summed E-state index contributed by atoms with van der Waals surface area (Å²) in [4.78, 5) is 20.8. The molecule has 8 heteroatoms. The highest BCUT2D eigenvalue weighted by Crippen LogP contribution is 2.26. The largest absolute Gasteiger partial charge is 0.378 e. The van der Waals surface area contributed by atoms with E-state index < -0.39 is 0 Å². The molecule has 1 aliphatic rings. The average Bonchev–Trinajstić information content (AvgIpc) is 3.08. The Bertz CT molecular complexity index is 888. The number of hydrogen-bond acceptors (Lipinski definition) is 7. The van der Waals surface area contributed by atoms with E-state index in [1.54, 1.807) is 13.4 Å². The molecule has 0 unspecified atom stereocenters. The SMILES string of the molecule is COCc1ccc2nc(-c3cn(C)cn3)nc(N3CCOCC3)c2n1. The van der Waals surface area contributed by atoms with Gasteiger partial charge in [0.1, 0.15) is 11.2 Å². The summed E-state index contributed by atoms with van der Waals surface area (Å²) in [5.74, 6) is 1.43. The molecule has 4 rings (SSSR count). The number of imidazole rings is 1. The second kappa shape index (κ2) is 6.73. The molecular formula is C17H20N6O2. The lowest BCUT2D eigenvalue weighted by Crippen LogP contribution is -2.37. The van der Waals surface area contributed by atoms with Crippen LogP contribution in [-0.4, -0.2) is 57.9 Å². The van der Waals surface area contributed by atoms with Crippen LogP contribution in [0.1, 0.15) is 5.69 Å². The van der Waals surface area contributed by atoms with Crippen LogP contribution in [0.15, 0.2) is 24.7 Å². The number of anilines is 1. The van der Waals surface area contributed by atoms with Gasteiger partial charge >= 0.3 is 0 Å². The zero-order valence-electron chi connectivity index (χ0n) is 14.3. The molecule has 1 saturated heterocycles. The molecule has 0 amide bonds. The van der Waals surface area contributed by atoms with Gasteiger partial charge in [-0.3, -0.25) is 0 Å². The molecule has 8 nitrogen and oxygen atoms in total.